The van der Waals surface area contributed by atoms with E-state index in [4.69, 9.17) is 0 Å². The summed E-state index contributed by atoms with van der Waals surface area (Å²) in [4.78, 5) is 12.9. The van der Waals surface area contributed by atoms with Crippen LogP contribution in [0.5, 0.6) is 0 Å². The lowest BCUT2D eigenvalue weighted by molar-refractivity contribution is 0.192. The van der Waals surface area contributed by atoms with E-state index in [1.165, 1.54) is 12.0 Å². The molecule has 7 heteroatoms. The molecule has 2 aromatic rings. The molecule has 0 bridgehead atoms. The van der Waals surface area contributed by atoms with Gasteiger partial charge < -0.3 is 10.6 Å². The monoisotopic (exact) mass is 377 g/mol. The van der Waals surface area contributed by atoms with Gasteiger partial charge in [-0.1, -0.05) is 0 Å². The van der Waals surface area contributed by atoms with Gasteiger partial charge in [0.05, 0.1) is 10.7 Å². The Labute approximate surface area is 158 Å². The molecule has 0 spiro atoms. The van der Waals surface area contributed by atoms with Crippen LogP contribution in [0.25, 0.3) is 0 Å². The molecule has 3 rings (SSSR count). The van der Waals surface area contributed by atoms with Crippen molar-refractivity contribution in [3.63, 3.8) is 0 Å². The van der Waals surface area contributed by atoms with Crippen molar-refractivity contribution in [2.24, 2.45) is 4.99 Å². The summed E-state index contributed by atoms with van der Waals surface area (Å²) in [6, 6.07) is 2.75. The second kappa shape index (κ2) is 8.78. The van der Waals surface area contributed by atoms with E-state index in [-0.39, 0.29) is 0 Å². The zero-order valence-corrected chi connectivity index (χ0v) is 16.8. The topological polar surface area (TPSA) is 52.6 Å². The van der Waals surface area contributed by atoms with Crippen LogP contribution in [0, 0.1) is 6.92 Å². The molecule has 3 heterocycles. The Bertz CT molecular complexity index is 706. The molecule has 5 nitrogen and oxygen atoms in total. The highest BCUT2D eigenvalue weighted by atomic mass is 32.1. The summed E-state index contributed by atoms with van der Waals surface area (Å²) in [7, 11) is 1.82. The van der Waals surface area contributed by atoms with E-state index in [0.717, 1.165) is 49.3 Å². The second-order valence-electron chi connectivity index (χ2n) is 6.43. The van der Waals surface area contributed by atoms with E-state index in [1.807, 2.05) is 25.3 Å². The summed E-state index contributed by atoms with van der Waals surface area (Å²) in [6.07, 6.45) is 2.10. The first-order valence-electron chi connectivity index (χ1n) is 8.80. The van der Waals surface area contributed by atoms with Crippen molar-refractivity contribution in [3.8, 4) is 0 Å². The van der Waals surface area contributed by atoms with Gasteiger partial charge in [-0.25, -0.2) is 4.98 Å². The Morgan fingerprint density at radius 3 is 3.04 bits per heavy atom. The third-order valence-corrected chi connectivity index (χ3v) is 6.43. The number of nitrogens with zero attached hydrogens (tertiary/aromatic N) is 3. The first kappa shape index (κ1) is 18.4. The molecule has 0 fully saturated rings. The number of nitrogens with one attached hydrogen (secondary N) is 2. The predicted octanol–water partition coefficient (Wildman–Crippen LogP) is 2.67. The molecular weight excluding hydrogens is 350 g/mol. The summed E-state index contributed by atoms with van der Waals surface area (Å²) >= 11 is 3.60. The van der Waals surface area contributed by atoms with Crippen molar-refractivity contribution >= 4 is 28.6 Å². The molecule has 25 heavy (non-hydrogen) atoms. The van der Waals surface area contributed by atoms with E-state index in [9.17, 15) is 0 Å². The number of rotatable bonds is 6. The molecule has 1 aliphatic rings. The molecule has 0 aromatic carbocycles. The van der Waals surface area contributed by atoms with Gasteiger partial charge in [0.25, 0.3) is 0 Å². The number of guanidine groups is 1. The SMILES string of the molecule is CN=C(NCCc1csc(C)n1)NCC(C)N1CCc2sccc2C1. The zero-order chi connectivity index (χ0) is 17.6. The molecule has 1 atom stereocenters. The van der Waals surface area contributed by atoms with Crippen LogP contribution in [-0.4, -0.2) is 48.6 Å². The molecule has 2 aromatic heterocycles. The maximum Gasteiger partial charge on any atom is 0.191 e. The Morgan fingerprint density at radius 1 is 1.40 bits per heavy atom. The van der Waals surface area contributed by atoms with Crippen molar-refractivity contribution in [2.45, 2.75) is 39.3 Å². The Kier molecular flexibility index (Phi) is 6.45. The summed E-state index contributed by atoms with van der Waals surface area (Å²) < 4.78 is 0. The first-order valence-corrected chi connectivity index (χ1v) is 10.6. The molecule has 1 unspecified atom stereocenters. The number of thiazole rings is 1. The third-order valence-electron chi connectivity index (χ3n) is 4.59. The highest BCUT2D eigenvalue weighted by molar-refractivity contribution is 7.10. The van der Waals surface area contributed by atoms with Gasteiger partial charge in [0, 0.05) is 55.9 Å². The minimum Gasteiger partial charge on any atom is -0.356 e. The van der Waals surface area contributed by atoms with Crippen molar-refractivity contribution < 1.29 is 0 Å². The molecular formula is C18H27N5S2. The predicted molar refractivity (Wildman–Crippen MR) is 108 cm³/mol. The third kappa shape index (κ3) is 5.03. The quantitative estimate of drug-likeness (QED) is 0.600. The van der Waals surface area contributed by atoms with Gasteiger partial charge in [0.1, 0.15) is 0 Å². The number of aromatic nitrogens is 1. The molecule has 136 valence electrons. The number of aliphatic imine (C=N–C) groups is 1. The van der Waals surface area contributed by atoms with Gasteiger partial charge in [-0.15, -0.1) is 22.7 Å². The van der Waals surface area contributed by atoms with E-state index in [2.05, 4.69) is 49.3 Å². The summed E-state index contributed by atoms with van der Waals surface area (Å²) in [6.45, 7) is 8.29. The number of hydrogen-bond donors (Lipinski definition) is 2. The van der Waals surface area contributed by atoms with Crippen LogP contribution in [0.2, 0.25) is 0 Å². The lowest BCUT2D eigenvalue weighted by Crippen LogP contribution is -2.47. The van der Waals surface area contributed by atoms with Gasteiger partial charge in [-0.2, -0.15) is 0 Å². The maximum atomic E-state index is 4.50. The molecule has 2 N–H and O–H groups in total. The van der Waals surface area contributed by atoms with Crippen LogP contribution < -0.4 is 10.6 Å². The lowest BCUT2D eigenvalue weighted by Gasteiger charge is -2.32. The number of hydrogen-bond acceptors (Lipinski definition) is 5. The van der Waals surface area contributed by atoms with Gasteiger partial charge in [-0.3, -0.25) is 9.89 Å². The molecule has 0 saturated heterocycles. The Morgan fingerprint density at radius 2 is 2.28 bits per heavy atom. The second-order valence-corrected chi connectivity index (χ2v) is 8.49. The minimum absolute atomic E-state index is 0.479. The summed E-state index contributed by atoms with van der Waals surface area (Å²) in [5, 5.41) is 12.3. The van der Waals surface area contributed by atoms with Crippen LogP contribution in [0.4, 0.5) is 0 Å². The fourth-order valence-electron chi connectivity index (χ4n) is 3.07. The van der Waals surface area contributed by atoms with Gasteiger partial charge in [0.15, 0.2) is 5.96 Å². The average Bonchev–Trinajstić information content (AvgIpc) is 3.25. The standard InChI is InChI=1S/C18H27N5S2/c1-13(23-8-5-17-15(11-23)6-9-24-17)10-21-18(19-3)20-7-4-16-12-25-14(2)22-16/h6,9,12-13H,4-5,7-8,10-11H2,1-3H3,(H2,19,20,21). The zero-order valence-electron chi connectivity index (χ0n) is 15.2. The van der Waals surface area contributed by atoms with Crippen LogP contribution in [0.15, 0.2) is 21.8 Å². The molecule has 0 amide bonds. The smallest absolute Gasteiger partial charge is 0.191 e. The van der Waals surface area contributed by atoms with Crippen molar-refractivity contribution in [1.82, 2.24) is 20.5 Å². The largest absolute Gasteiger partial charge is 0.356 e. The summed E-state index contributed by atoms with van der Waals surface area (Å²) in [5.74, 6) is 0.868. The van der Waals surface area contributed by atoms with E-state index >= 15 is 0 Å². The fourth-order valence-corrected chi connectivity index (χ4v) is 4.61. The van der Waals surface area contributed by atoms with Crippen molar-refractivity contribution in [1.29, 1.82) is 0 Å². The maximum absolute atomic E-state index is 4.50. The first-order chi connectivity index (χ1) is 12.2. The van der Waals surface area contributed by atoms with Gasteiger partial charge >= 0.3 is 0 Å². The number of fused-ring (bicyclic) bond motifs is 1. The molecule has 0 radical (unpaired) electrons. The Hall–Kier alpha value is -1.44. The Balaban J connectivity index is 1.40. The van der Waals surface area contributed by atoms with Gasteiger partial charge in [-0.05, 0) is 37.3 Å². The number of aryl methyl sites for hydroxylation is 1. The van der Waals surface area contributed by atoms with Crippen molar-refractivity contribution in [3.05, 3.63) is 38.0 Å². The van der Waals surface area contributed by atoms with Crippen LogP contribution in [0.3, 0.4) is 0 Å². The summed E-state index contributed by atoms with van der Waals surface area (Å²) in [5.41, 5.74) is 2.66. The number of thiophene rings is 1. The van der Waals surface area contributed by atoms with Crippen LogP contribution in [0.1, 0.15) is 28.1 Å². The van der Waals surface area contributed by atoms with E-state index < -0.39 is 0 Å². The van der Waals surface area contributed by atoms with Crippen LogP contribution >= 0.6 is 22.7 Å². The highest BCUT2D eigenvalue weighted by Crippen LogP contribution is 2.24. The van der Waals surface area contributed by atoms with E-state index in [0.29, 0.717) is 6.04 Å². The lowest BCUT2D eigenvalue weighted by atomic mass is 10.1. The normalized spacial score (nSPS) is 16.5. The molecule has 0 saturated carbocycles. The van der Waals surface area contributed by atoms with E-state index in [1.54, 1.807) is 16.2 Å². The van der Waals surface area contributed by atoms with Crippen LogP contribution in [-0.2, 0) is 19.4 Å². The fraction of sp³-hybridized carbons (Fsp3) is 0.556. The average molecular weight is 378 g/mol. The minimum atomic E-state index is 0.479. The highest BCUT2D eigenvalue weighted by Gasteiger charge is 2.21. The van der Waals surface area contributed by atoms with Gasteiger partial charge in [0.2, 0.25) is 0 Å². The van der Waals surface area contributed by atoms with Crippen molar-refractivity contribution in [2.75, 3.05) is 26.7 Å². The molecule has 0 aliphatic carbocycles. The molecule has 1 aliphatic heterocycles.